The van der Waals surface area contributed by atoms with E-state index in [4.69, 9.17) is 9.84 Å². The highest BCUT2D eigenvalue weighted by molar-refractivity contribution is 9.10. The monoisotopic (exact) mass is 375 g/mol. The van der Waals surface area contributed by atoms with E-state index in [2.05, 4.69) is 21.2 Å². The number of carboxylic acids is 1. The second-order valence-corrected chi connectivity index (χ2v) is 5.42. The van der Waals surface area contributed by atoms with Crippen molar-refractivity contribution in [1.29, 1.82) is 0 Å². The molecule has 23 heavy (non-hydrogen) atoms. The summed E-state index contributed by atoms with van der Waals surface area (Å²) in [7, 11) is 1.56. The van der Waals surface area contributed by atoms with Gasteiger partial charge in [-0.15, -0.1) is 0 Å². The number of anilines is 1. The van der Waals surface area contributed by atoms with E-state index in [1.165, 1.54) is 18.2 Å². The summed E-state index contributed by atoms with van der Waals surface area (Å²) < 4.78 is 6.00. The third-order valence-electron chi connectivity index (χ3n) is 3.02. The Morgan fingerprint density at radius 2 is 1.96 bits per heavy atom. The summed E-state index contributed by atoms with van der Waals surface area (Å²) in [5.74, 6) is -0.855. The van der Waals surface area contributed by atoms with E-state index >= 15 is 0 Å². The minimum Gasteiger partial charge on any atom is -0.496 e. The zero-order chi connectivity index (χ0) is 16.8. The fraction of sp³-hybridized carbons (Fsp3) is 0.0588. The van der Waals surface area contributed by atoms with Crippen LogP contribution in [0.3, 0.4) is 0 Å². The molecule has 0 heterocycles. The van der Waals surface area contributed by atoms with Gasteiger partial charge in [0.15, 0.2) is 0 Å². The van der Waals surface area contributed by atoms with Crippen molar-refractivity contribution >= 4 is 39.6 Å². The number of carboxylic acid groups (broad SMARTS) is 1. The van der Waals surface area contributed by atoms with Crippen LogP contribution in [-0.2, 0) is 4.79 Å². The van der Waals surface area contributed by atoms with Crippen LogP contribution in [0.5, 0.6) is 5.75 Å². The van der Waals surface area contributed by atoms with Crippen LogP contribution in [0.1, 0.15) is 15.9 Å². The van der Waals surface area contributed by atoms with Gasteiger partial charge < -0.3 is 15.2 Å². The van der Waals surface area contributed by atoms with Gasteiger partial charge in [-0.25, -0.2) is 4.79 Å². The largest absolute Gasteiger partial charge is 0.496 e. The first-order valence-electron chi connectivity index (χ1n) is 6.66. The first-order chi connectivity index (χ1) is 11.0. The number of aromatic carboxylic acids is 1. The third-order valence-corrected chi connectivity index (χ3v) is 3.67. The molecule has 2 aromatic carbocycles. The lowest BCUT2D eigenvalue weighted by atomic mass is 10.1. The van der Waals surface area contributed by atoms with Crippen molar-refractivity contribution in [1.82, 2.24) is 0 Å². The van der Waals surface area contributed by atoms with Crippen molar-refractivity contribution < 1.29 is 19.4 Å². The maximum Gasteiger partial charge on any atom is 0.337 e. The van der Waals surface area contributed by atoms with Gasteiger partial charge in [-0.3, -0.25) is 4.79 Å². The number of halogens is 1. The summed E-state index contributed by atoms with van der Waals surface area (Å²) in [5.41, 5.74) is 1.08. The number of nitrogens with one attached hydrogen (secondary N) is 1. The van der Waals surface area contributed by atoms with Crippen LogP contribution in [0.15, 0.2) is 53.0 Å². The van der Waals surface area contributed by atoms with Crippen LogP contribution in [0.2, 0.25) is 0 Å². The number of hydrogen-bond acceptors (Lipinski definition) is 3. The minimum absolute atomic E-state index is 0.0413. The number of carbonyl (C=O) groups excluding carboxylic acids is 1. The molecule has 0 fully saturated rings. The average molecular weight is 376 g/mol. The molecule has 118 valence electrons. The molecule has 0 saturated heterocycles. The van der Waals surface area contributed by atoms with Gasteiger partial charge in [0.1, 0.15) is 5.75 Å². The molecule has 0 saturated carbocycles. The molecule has 0 aliphatic rings. The summed E-state index contributed by atoms with van der Waals surface area (Å²) in [6, 6.07) is 11.6. The predicted octanol–water partition coefficient (Wildman–Crippen LogP) is 3.81. The summed E-state index contributed by atoms with van der Waals surface area (Å²) in [5, 5.41) is 11.6. The molecule has 5 nitrogen and oxygen atoms in total. The molecule has 0 unspecified atom stereocenters. The average Bonchev–Trinajstić information content (AvgIpc) is 2.54. The topological polar surface area (TPSA) is 75.6 Å². The van der Waals surface area contributed by atoms with Gasteiger partial charge in [0.2, 0.25) is 5.91 Å². The van der Waals surface area contributed by atoms with Gasteiger partial charge in [-0.1, -0.05) is 18.2 Å². The predicted molar refractivity (Wildman–Crippen MR) is 91.8 cm³/mol. The molecule has 0 radical (unpaired) electrons. The molecule has 0 spiro atoms. The van der Waals surface area contributed by atoms with E-state index in [9.17, 15) is 9.59 Å². The van der Waals surface area contributed by atoms with Gasteiger partial charge in [0, 0.05) is 6.08 Å². The molecule has 0 aliphatic heterocycles. The number of carbonyl (C=O) groups is 2. The van der Waals surface area contributed by atoms with Crippen molar-refractivity contribution in [3.63, 3.8) is 0 Å². The quantitative estimate of drug-likeness (QED) is 0.779. The molecular weight excluding hydrogens is 362 g/mol. The summed E-state index contributed by atoms with van der Waals surface area (Å²) in [4.78, 5) is 23.0. The maximum absolute atomic E-state index is 12.0. The Bertz CT molecular complexity index is 771. The molecule has 0 bridgehead atoms. The van der Waals surface area contributed by atoms with Crippen LogP contribution in [0, 0.1) is 0 Å². The molecule has 0 aliphatic carbocycles. The van der Waals surface area contributed by atoms with Crippen LogP contribution in [0.4, 0.5) is 5.69 Å². The Kier molecular flexibility index (Phi) is 5.54. The van der Waals surface area contributed by atoms with Crippen molar-refractivity contribution in [2.75, 3.05) is 12.4 Å². The van der Waals surface area contributed by atoms with Crippen LogP contribution < -0.4 is 10.1 Å². The third kappa shape index (κ3) is 4.43. The minimum atomic E-state index is -1.09. The van der Waals surface area contributed by atoms with Crippen molar-refractivity contribution in [2.45, 2.75) is 0 Å². The summed E-state index contributed by atoms with van der Waals surface area (Å²) >= 11 is 3.35. The zero-order valence-electron chi connectivity index (χ0n) is 12.2. The number of hydrogen-bond donors (Lipinski definition) is 2. The first kappa shape index (κ1) is 16.8. The lowest BCUT2D eigenvalue weighted by Crippen LogP contribution is -2.11. The van der Waals surface area contributed by atoms with E-state index in [1.54, 1.807) is 31.4 Å². The molecule has 6 heteroatoms. The summed E-state index contributed by atoms with van der Waals surface area (Å²) in [6.45, 7) is 0. The highest BCUT2D eigenvalue weighted by Crippen LogP contribution is 2.26. The Labute approximate surface area is 141 Å². The van der Waals surface area contributed by atoms with E-state index in [0.717, 1.165) is 10.0 Å². The van der Waals surface area contributed by atoms with Crippen LogP contribution in [0.25, 0.3) is 6.08 Å². The van der Waals surface area contributed by atoms with Crippen molar-refractivity contribution in [3.8, 4) is 5.75 Å². The highest BCUT2D eigenvalue weighted by Gasteiger charge is 2.10. The highest BCUT2D eigenvalue weighted by atomic mass is 79.9. The smallest absolute Gasteiger partial charge is 0.337 e. The normalized spacial score (nSPS) is 10.5. The van der Waals surface area contributed by atoms with Crippen molar-refractivity contribution in [3.05, 3.63) is 64.1 Å². The first-order valence-corrected chi connectivity index (χ1v) is 7.45. The summed E-state index contributed by atoms with van der Waals surface area (Å²) in [6.07, 6.45) is 2.95. The van der Waals surface area contributed by atoms with Gasteiger partial charge in [0.05, 0.1) is 22.8 Å². The Morgan fingerprint density at radius 1 is 1.22 bits per heavy atom. The van der Waals surface area contributed by atoms with Crippen LogP contribution in [-0.4, -0.2) is 24.1 Å². The number of rotatable bonds is 5. The molecule has 2 rings (SSSR count). The van der Waals surface area contributed by atoms with Gasteiger partial charge in [-0.05, 0) is 51.8 Å². The SMILES string of the molecule is COc1cc(C=CC(=O)Nc2ccccc2C(=O)O)ccc1Br. The van der Waals surface area contributed by atoms with E-state index in [-0.39, 0.29) is 11.3 Å². The molecule has 2 N–H and O–H groups in total. The lowest BCUT2D eigenvalue weighted by molar-refractivity contribution is -0.111. The number of ether oxygens (including phenoxy) is 1. The number of para-hydroxylation sites is 1. The number of methoxy groups -OCH3 is 1. The number of amides is 1. The van der Waals surface area contributed by atoms with Gasteiger partial charge in [-0.2, -0.15) is 0 Å². The maximum atomic E-state index is 12.0. The second kappa shape index (κ2) is 7.60. The Hall–Kier alpha value is -2.60. The molecule has 0 aromatic heterocycles. The van der Waals surface area contributed by atoms with E-state index < -0.39 is 11.9 Å². The molecule has 0 atom stereocenters. The van der Waals surface area contributed by atoms with E-state index in [0.29, 0.717) is 5.75 Å². The van der Waals surface area contributed by atoms with Crippen LogP contribution >= 0.6 is 15.9 Å². The fourth-order valence-electron chi connectivity index (χ4n) is 1.90. The molecule has 2 aromatic rings. The standard InChI is InChI=1S/C17H14BrNO4/c1-23-15-10-11(6-8-13(15)18)7-9-16(20)19-14-5-3-2-4-12(14)17(21)22/h2-10H,1H3,(H,19,20)(H,21,22). The van der Waals surface area contributed by atoms with Gasteiger partial charge in [0.25, 0.3) is 0 Å². The van der Waals surface area contributed by atoms with Crippen molar-refractivity contribution in [2.24, 2.45) is 0 Å². The Balaban J connectivity index is 2.12. The Morgan fingerprint density at radius 3 is 2.65 bits per heavy atom. The van der Waals surface area contributed by atoms with E-state index in [1.807, 2.05) is 12.1 Å². The lowest BCUT2D eigenvalue weighted by Gasteiger charge is -2.06. The zero-order valence-corrected chi connectivity index (χ0v) is 13.8. The molecular formula is C17H14BrNO4. The molecule has 1 amide bonds. The fourth-order valence-corrected chi connectivity index (χ4v) is 2.31. The second-order valence-electron chi connectivity index (χ2n) is 4.57. The number of benzene rings is 2. The van der Waals surface area contributed by atoms with Gasteiger partial charge >= 0.3 is 5.97 Å².